The van der Waals surface area contributed by atoms with Crippen molar-refractivity contribution in [2.24, 2.45) is 0 Å². The second kappa shape index (κ2) is 10.2. The van der Waals surface area contributed by atoms with Crippen LogP contribution in [0, 0.1) is 12.7 Å². The highest BCUT2D eigenvalue weighted by Crippen LogP contribution is 2.27. The quantitative estimate of drug-likeness (QED) is 0.325. The zero-order valence-corrected chi connectivity index (χ0v) is 20.7. The number of hydrogen-bond donors (Lipinski definition) is 1. The molecule has 4 aromatic carbocycles. The number of anilines is 1. The lowest BCUT2D eigenvalue weighted by Gasteiger charge is -2.25. The minimum absolute atomic E-state index is 0.00277. The van der Waals surface area contributed by atoms with Gasteiger partial charge in [-0.25, -0.2) is 25.9 Å². The summed E-state index contributed by atoms with van der Waals surface area (Å²) < 4.78 is 69.5. The highest BCUT2D eigenvalue weighted by atomic mass is 32.2. The third-order valence-corrected chi connectivity index (χ3v) is 8.89. The van der Waals surface area contributed by atoms with Crippen molar-refractivity contribution in [2.75, 3.05) is 17.4 Å². The second-order valence-electron chi connectivity index (χ2n) is 8.13. The third kappa shape index (κ3) is 5.70. The van der Waals surface area contributed by atoms with Gasteiger partial charge in [-0.1, -0.05) is 48.0 Å². The molecule has 182 valence electrons. The average Bonchev–Trinajstić information content (AvgIpc) is 2.84. The summed E-state index contributed by atoms with van der Waals surface area (Å²) in [5.74, 6) is -0.484. The van der Waals surface area contributed by atoms with Gasteiger partial charge in [-0.05, 0) is 72.6 Å². The van der Waals surface area contributed by atoms with Gasteiger partial charge in [0, 0.05) is 13.1 Å². The predicted molar refractivity (Wildman–Crippen MR) is 136 cm³/mol. The number of fused-ring (bicyclic) bond motifs is 1. The number of halogens is 1. The minimum Gasteiger partial charge on any atom is -0.266 e. The molecule has 0 unspecified atom stereocenters. The maximum atomic E-state index is 13.6. The lowest BCUT2D eigenvalue weighted by Crippen LogP contribution is -2.34. The van der Waals surface area contributed by atoms with Crippen LogP contribution in [-0.4, -0.2) is 29.9 Å². The molecule has 4 rings (SSSR count). The average molecular weight is 513 g/mol. The Morgan fingerprint density at radius 2 is 1.40 bits per heavy atom. The van der Waals surface area contributed by atoms with Crippen LogP contribution in [0.3, 0.4) is 0 Å². The maximum Gasteiger partial charge on any atom is 0.264 e. The van der Waals surface area contributed by atoms with Crippen molar-refractivity contribution < 1.29 is 21.2 Å². The number of rotatable bonds is 9. The van der Waals surface area contributed by atoms with Gasteiger partial charge < -0.3 is 0 Å². The van der Waals surface area contributed by atoms with E-state index in [-0.39, 0.29) is 29.3 Å². The van der Waals surface area contributed by atoms with Crippen LogP contribution in [0.25, 0.3) is 10.8 Å². The summed E-state index contributed by atoms with van der Waals surface area (Å²) in [5, 5.41) is 1.68. The molecule has 0 amide bonds. The van der Waals surface area contributed by atoms with E-state index in [0.717, 1.165) is 16.3 Å². The van der Waals surface area contributed by atoms with Gasteiger partial charge in [-0.3, -0.25) is 4.31 Å². The Bertz CT molecular complexity index is 1540. The van der Waals surface area contributed by atoms with Crippen molar-refractivity contribution in [1.82, 2.24) is 4.72 Å². The summed E-state index contributed by atoms with van der Waals surface area (Å²) in [6, 6.07) is 23.9. The molecule has 0 aromatic heterocycles. The van der Waals surface area contributed by atoms with Crippen LogP contribution in [0.5, 0.6) is 0 Å². The monoisotopic (exact) mass is 512 g/mol. The summed E-state index contributed by atoms with van der Waals surface area (Å²) >= 11 is 0. The second-order valence-corrected chi connectivity index (χ2v) is 11.8. The van der Waals surface area contributed by atoms with Crippen LogP contribution in [0.15, 0.2) is 101 Å². The van der Waals surface area contributed by atoms with Crippen LogP contribution in [0.4, 0.5) is 10.1 Å². The number of aryl methyl sites for hydroxylation is 1. The van der Waals surface area contributed by atoms with Gasteiger partial charge in [0.15, 0.2) is 0 Å². The molecule has 0 heterocycles. The van der Waals surface area contributed by atoms with Crippen molar-refractivity contribution in [3.8, 4) is 0 Å². The van der Waals surface area contributed by atoms with Crippen LogP contribution in [0.2, 0.25) is 0 Å². The Labute approximate surface area is 205 Å². The molecule has 35 heavy (non-hydrogen) atoms. The first-order valence-corrected chi connectivity index (χ1v) is 13.9. The fourth-order valence-electron chi connectivity index (χ4n) is 3.68. The number of benzene rings is 4. The molecule has 0 saturated heterocycles. The van der Waals surface area contributed by atoms with E-state index in [1.807, 2.05) is 31.2 Å². The van der Waals surface area contributed by atoms with E-state index < -0.39 is 25.9 Å². The summed E-state index contributed by atoms with van der Waals surface area (Å²) in [6.07, 6.45) is 0.204. The van der Waals surface area contributed by atoms with Crippen LogP contribution >= 0.6 is 0 Å². The Balaban J connectivity index is 1.56. The van der Waals surface area contributed by atoms with E-state index in [0.29, 0.717) is 5.69 Å². The van der Waals surface area contributed by atoms with Gasteiger partial charge in [0.2, 0.25) is 10.0 Å². The molecule has 0 spiro atoms. The molecule has 6 nitrogen and oxygen atoms in total. The molecule has 9 heteroatoms. The molecule has 0 aliphatic rings. The third-order valence-electron chi connectivity index (χ3n) is 5.58. The molecular formula is C26H25FN2O4S2. The van der Waals surface area contributed by atoms with Gasteiger partial charge in [0.25, 0.3) is 10.0 Å². The first kappa shape index (κ1) is 24.8. The molecule has 0 fully saturated rings. The fourth-order valence-corrected chi connectivity index (χ4v) is 6.29. The van der Waals surface area contributed by atoms with Gasteiger partial charge in [0.05, 0.1) is 15.5 Å². The molecular weight excluding hydrogens is 487 g/mol. The first-order valence-electron chi connectivity index (χ1n) is 11.0. The molecule has 0 aliphatic carbocycles. The molecule has 1 N–H and O–H groups in total. The zero-order chi connectivity index (χ0) is 25.1. The minimum atomic E-state index is -4.00. The predicted octanol–water partition coefficient (Wildman–Crippen LogP) is 4.85. The topological polar surface area (TPSA) is 83.6 Å². The smallest absolute Gasteiger partial charge is 0.264 e. The van der Waals surface area contributed by atoms with E-state index >= 15 is 0 Å². The first-order chi connectivity index (χ1) is 16.7. The van der Waals surface area contributed by atoms with Crippen molar-refractivity contribution in [3.05, 3.63) is 102 Å². The largest absolute Gasteiger partial charge is 0.266 e. The molecule has 0 saturated carbocycles. The number of nitrogens with one attached hydrogen (secondary N) is 1. The highest BCUT2D eigenvalue weighted by molar-refractivity contribution is 7.92. The molecule has 4 aromatic rings. The van der Waals surface area contributed by atoms with Crippen LogP contribution in [0.1, 0.15) is 12.0 Å². The molecule has 0 bridgehead atoms. The fraction of sp³-hybridized carbons (Fsp3) is 0.154. The Hall–Kier alpha value is -3.27. The van der Waals surface area contributed by atoms with E-state index in [9.17, 15) is 21.2 Å². The van der Waals surface area contributed by atoms with Crippen molar-refractivity contribution in [2.45, 2.75) is 23.1 Å². The maximum absolute atomic E-state index is 13.6. The van der Waals surface area contributed by atoms with E-state index in [4.69, 9.17) is 0 Å². The van der Waals surface area contributed by atoms with Crippen molar-refractivity contribution in [3.63, 3.8) is 0 Å². The van der Waals surface area contributed by atoms with Gasteiger partial charge in [-0.15, -0.1) is 0 Å². The van der Waals surface area contributed by atoms with E-state index in [1.54, 1.807) is 24.3 Å². The van der Waals surface area contributed by atoms with Crippen LogP contribution in [-0.2, 0) is 20.0 Å². The Morgan fingerprint density at radius 1 is 0.771 bits per heavy atom. The van der Waals surface area contributed by atoms with Gasteiger partial charge >= 0.3 is 0 Å². The highest BCUT2D eigenvalue weighted by Gasteiger charge is 2.25. The standard InChI is InChI=1S/C26H25FN2O4S2/c1-20-7-14-25(15-8-20)34(30,31)28-17-4-18-29(24-12-10-23(27)11-13-24)35(32,33)26-16-9-21-5-2-3-6-22(21)19-26/h2-3,5-16,19,28H,4,17-18H2,1H3. The van der Waals surface area contributed by atoms with E-state index in [1.165, 1.54) is 46.8 Å². The van der Waals surface area contributed by atoms with Crippen LogP contribution < -0.4 is 9.03 Å². The molecule has 0 radical (unpaired) electrons. The van der Waals surface area contributed by atoms with Crippen molar-refractivity contribution >= 4 is 36.5 Å². The van der Waals surface area contributed by atoms with Crippen molar-refractivity contribution in [1.29, 1.82) is 0 Å². The lowest BCUT2D eigenvalue weighted by molar-refractivity contribution is 0.577. The molecule has 0 aliphatic heterocycles. The number of nitrogens with zero attached hydrogens (tertiary/aromatic N) is 1. The SMILES string of the molecule is Cc1ccc(S(=O)(=O)NCCCN(c2ccc(F)cc2)S(=O)(=O)c2ccc3ccccc3c2)cc1. The summed E-state index contributed by atoms with van der Waals surface area (Å²) in [5.41, 5.74) is 1.23. The molecule has 0 atom stereocenters. The summed E-state index contributed by atoms with van der Waals surface area (Å²) in [7, 11) is -7.72. The number of sulfonamides is 2. The number of hydrogen-bond acceptors (Lipinski definition) is 4. The Kier molecular flexibility index (Phi) is 7.20. The Morgan fingerprint density at radius 3 is 2.09 bits per heavy atom. The van der Waals surface area contributed by atoms with Gasteiger partial charge in [-0.2, -0.15) is 0 Å². The summed E-state index contributed by atoms with van der Waals surface area (Å²) in [6.45, 7) is 1.89. The summed E-state index contributed by atoms with van der Waals surface area (Å²) in [4.78, 5) is 0.239. The zero-order valence-electron chi connectivity index (χ0n) is 19.1. The normalized spacial score (nSPS) is 12.1. The van der Waals surface area contributed by atoms with E-state index in [2.05, 4.69) is 4.72 Å². The lowest BCUT2D eigenvalue weighted by atomic mass is 10.1. The van der Waals surface area contributed by atoms with Gasteiger partial charge in [0.1, 0.15) is 5.82 Å².